The quantitative estimate of drug-likeness (QED) is 0.494. The van der Waals surface area contributed by atoms with E-state index < -0.39 is 0 Å². The lowest BCUT2D eigenvalue weighted by molar-refractivity contribution is 1.03. The number of hydrogen-bond acceptors (Lipinski definition) is 4. The number of nitrogens with one attached hydrogen (secondary N) is 1. The van der Waals surface area contributed by atoms with Crippen molar-refractivity contribution in [2.75, 3.05) is 11.5 Å². The summed E-state index contributed by atoms with van der Waals surface area (Å²) in [6.07, 6.45) is 4.42. The van der Waals surface area contributed by atoms with Crippen molar-refractivity contribution >= 4 is 22.4 Å². The minimum atomic E-state index is 0.646. The first kappa shape index (κ1) is 15.6. The highest BCUT2D eigenvalue weighted by molar-refractivity contribution is 5.74. The molecule has 0 fully saturated rings. The molecule has 0 spiro atoms. The minimum Gasteiger partial charge on any atom is -0.397 e. The number of nitrogen functional groups attached to an aromatic ring is 2. The van der Waals surface area contributed by atoms with E-state index in [4.69, 9.17) is 11.5 Å². The molecular formula is C19H19N5. The molecule has 0 amide bonds. The second-order valence-corrected chi connectivity index (χ2v) is 5.36. The second kappa shape index (κ2) is 7.28. The molecule has 0 atom stereocenters. The summed E-state index contributed by atoms with van der Waals surface area (Å²) in [7, 11) is 0. The number of rotatable bonds is 2. The van der Waals surface area contributed by atoms with Gasteiger partial charge in [-0.25, -0.2) is 4.98 Å². The van der Waals surface area contributed by atoms with Gasteiger partial charge in [-0.15, -0.1) is 0 Å². The number of aromatic nitrogens is 3. The van der Waals surface area contributed by atoms with E-state index in [1.807, 2.05) is 48.5 Å². The van der Waals surface area contributed by atoms with Crippen molar-refractivity contribution in [2.45, 2.75) is 6.42 Å². The third-order valence-corrected chi connectivity index (χ3v) is 3.56. The third-order valence-electron chi connectivity index (χ3n) is 3.56. The van der Waals surface area contributed by atoms with Crippen molar-refractivity contribution < 1.29 is 0 Å². The Morgan fingerprint density at radius 1 is 0.792 bits per heavy atom. The average Bonchev–Trinajstić information content (AvgIpc) is 3.01. The molecule has 24 heavy (non-hydrogen) atoms. The zero-order valence-electron chi connectivity index (χ0n) is 13.2. The van der Waals surface area contributed by atoms with Gasteiger partial charge in [0.2, 0.25) is 0 Å². The highest BCUT2D eigenvalue weighted by Gasteiger charge is 2.02. The van der Waals surface area contributed by atoms with Crippen LogP contribution in [0.15, 0.2) is 73.1 Å². The van der Waals surface area contributed by atoms with Crippen molar-refractivity contribution in [3.63, 3.8) is 0 Å². The van der Waals surface area contributed by atoms with Gasteiger partial charge in [0, 0.05) is 18.8 Å². The van der Waals surface area contributed by atoms with Gasteiger partial charge in [0.1, 0.15) is 5.82 Å². The first-order valence-corrected chi connectivity index (χ1v) is 7.65. The van der Waals surface area contributed by atoms with Gasteiger partial charge in [-0.05, 0) is 42.0 Å². The van der Waals surface area contributed by atoms with Crippen LogP contribution in [-0.2, 0) is 6.42 Å². The molecule has 5 heteroatoms. The molecule has 0 bridgehead atoms. The molecule has 0 saturated carbocycles. The third kappa shape index (κ3) is 3.89. The van der Waals surface area contributed by atoms with Crippen LogP contribution in [0.1, 0.15) is 11.4 Å². The van der Waals surface area contributed by atoms with E-state index in [2.05, 4.69) is 15.0 Å². The number of para-hydroxylation sites is 4. The summed E-state index contributed by atoms with van der Waals surface area (Å²) >= 11 is 0. The first-order valence-electron chi connectivity index (χ1n) is 7.65. The van der Waals surface area contributed by atoms with E-state index >= 15 is 0 Å². The molecule has 2 heterocycles. The summed E-state index contributed by atoms with van der Waals surface area (Å²) in [5, 5.41) is 0. The second-order valence-electron chi connectivity index (χ2n) is 5.36. The predicted octanol–water partition coefficient (Wildman–Crippen LogP) is 3.40. The molecular weight excluding hydrogens is 298 g/mol. The molecule has 0 unspecified atom stereocenters. The van der Waals surface area contributed by atoms with Crippen LogP contribution in [-0.4, -0.2) is 15.0 Å². The molecule has 2 aromatic heterocycles. The van der Waals surface area contributed by atoms with Crippen molar-refractivity contribution in [2.24, 2.45) is 0 Å². The highest BCUT2D eigenvalue weighted by atomic mass is 14.9. The fourth-order valence-corrected chi connectivity index (χ4v) is 2.29. The number of aromatic amines is 1. The number of nitrogens with zero attached hydrogens (tertiary/aromatic N) is 2. The zero-order chi connectivity index (χ0) is 16.8. The largest absolute Gasteiger partial charge is 0.397 e. The number of nitrogens with two attached hydrogens (primary N) is 2. The van der Waals surface area contributed by atoms with Gasteiger partial charge >= 0.3 is 0 Å². The van der Waals surface area contributed by atoms with Gasteiger partial charge in [-0.3, -0.25) is 4.98 Å². The average molecular weight is 317 g/mol. The van der Waals surface area contributed by atoms with Gasteiger partial charge in [-0.2, -0.15) is 0 Å². The Bertz CT molecular complexity index is 861. The van der Waals surface area contributed by atoms with Crippen molar-refractivity contribution in [3.8, 4) is 0 Å². The molecule has 0 aliphatic heterocycles. The molecule has 5 nitrogen and oxygen atoms in total. The van der Waals surface area contributed by atoms with Crippen LogP contribution in [0.2, 0.25) is 0 Å². The Morgan fingerprint density at radius 3 is 2.04 bits per heavy atom. The lowest BCUT2D eigenvalue weighted by Gasteiger charge is -1.95. The SMILES string of the molecule is Nc1ccccc1N.c1ccc2[nH]c(Cc3ccncc3)nc2c1. The maximum atomic E-state index is 5.39. The lowest BCUT2D eigenvalue weighted by Crippen LogP contribution is -1.91. The highest BCUT2D eigenvalue weighted by Crippen LogP contribution is 2.13. The minimum absolute atomic E-state index is 0.646. The summed E-state index contributed by atoms with van der Waals surface area (Å²) in [5.41, 5.74) is 15.4. The number of imidazole rings is 1. The summed E-state index contributed by atoms with van der Waals surface area (Å²) in [5.74, 6) is 0.993. The van der Waals surface area contributed by atoms with Crippen LogP contribution in [0, 0.1) is 0 Å². The fraction of sp³-hybridized carbons (Fsp3) is 0.0526. The molecule has 4 aromatic rings. The molecule has 2 aromatic carbocycles. The number of anilines is 2. The maximum Gasteiger partial charge on any atom is 0.111 e. The van der Waals surface area contributed by atoms with Gasteiger partial charge < -0.3 is 16.5 Å². The summed E-state index contributed by atoms with van der Waals surface area (Å²) in [6.45, 7) is 0. The summed E-state index contributed by atoms with van der Waals surface area (Å²) < 4.78 is 0. The Kier molecular flexibility index (Phi) is 4.72. The van der Waals surface area contributed by atoms with Crippen LogP contribution in [0.5, 0.6) is 0 Å². The summed E-state index contributed by atoms with van der Waals surface area (Å²) in [4.78, 5) is 11.8. The number of H-pyrrole nitrogens is 1. The van der Waals surface area contributed by atoms with Crippen molar-refractivity contribution in [1.82, 2.24) is 15.0 Å². The van der Waals surface area contributed by atoms with E-state index in [0.717, 1.165) is 23.3 Å². The molecule has 0 aliphatic rings. The number of fused-ring (bicyclic) bond motifs is 1. The Balaban J connectivity index is 0.000000179. The van der Waals surface area contributed by atoms with E-state index in [1.165, 1.54) is 5.56 Å². The van der Waals surface area contributed by atoms with E-state index in [-0.39, 0.29) is 0 Å². The fourth-order valence-electron chi connectivity index (χ4n) is 2.29. The van der Waals surface area contributed by atoms with E-state index in [9.17, 15) is 0 Å². The topological polar surface area (TPSA) is 93.6 Å². The molecule has 0 saturated heterocycles. The van der Waals surface area contributed by atoms with Gasteiger partial charge in [-0.1, -0.05) is 24.3 Å². The molecule has 120 valence electrons. The van der Waals surface area contributed by atoms with Crippen LogP contribution >= 0.6 is 0 Å². The maximum absolute atomic E-state index is 5.39. The van der Waals surface area contributed by atoms with Gasteiger partial charge in [0.15, 0.2) is 0 Å². The smallest absolute Gasteiger partial charge is 0.111 e. The van der Waals surface area contributed by atoms with Gasteiger partial charge in [0.05, 0.1) is 22.4 Å². The molecule has 0 aliphatic carbocycles. The zero-order valence-corrected chi connectivity index (χ0v) is 13.2. The van der Waals surface area contributed by atoms with Gasteiger partial charge in [0.25, 0.3) is 0 Å². The first-order chi connectivity index (χ1) is 11.7. The Hall–Kier alpha value is -3.34. The molecule has 0 radical (unpaired) electrons. The van der Waals surface area contributed by atoms with Crippen molar-refractivity contribution in [3.05, 3.63) is 84.4 Å². The predicted molar refractivity (Wildman–Crippen MR) is 98.4 cm³/mol. The van der Waals surface area contributed by atoms with Crippen LogP contribution < -0.4 is 11.5 Å². The van der Waals surface area contributed by atoms with E-state index in [0.29, 0.717) is 11.4 Å². The van der Waals surface area contributed by atoms with Crippen molar-refractivity contribution in [1.29, 1.82) is 0 Å². The van der Waals surface area contributed by atoms with E-state index in [1.54, 1.807) is 24.5 Å². The monoisotopic (exact) mass is 317 g/mol. The van der Waals surface area contributed by atoms with Crippen LogP contribution in [0.3, 0.4) is 0 Å². The Labute approximate surface area is 140 Å². The number of pyridine rings is 1. The summed E-state index contributed by atoms with van der Waals surface area (Å²) in [6, 6.07) is 19.3. The normalized spacial score (nSPS) is 10.2. The lowest BCUT2D eigenvalue weighted by atomic mass is 10.2. The molecule has 5 N–H and O–H groups in total. The van der Waals surface area contributed by atoms with Crippen LogP contribution in [0.25, 0.3) is 11.0 Å². The standard InChI is InChI=1S/C13H11N3.C6H8N2/c1-2-4-12-11(3-1)15-13(16-12)9-10-5-7-14-8-6-10;7-5-3-1-2-4-6(5)8/h1-8H,9H2,(H,15,16);1-4H,7-8H2. The number of benzene rings is 2. The Morgan fingerprint density at radius 2 is 1.42 bits per heavy atom. The number of hydrogen-bond donors (Lipinski definition) is 3. The van der Waals surface area contributed by atoms with Crippen LogP contribution in [0.4, 0.5) is 11.4 Å². The molecule has 4 rings (SSSR count).